The van der Waals surface area contributed by atoms with Crippen LogP contribution < -0.4 is 10.6 Å². The summed E-state index contributed by atoms with van der Waals surface area (Å²) in [4.78, 5) is 13.1. The Balaban J connectivity index is 1.58. The van der Waals surface area contributed by atoms with Crippen LogP contribution in [0.25, 0.3) is 11.3 Å². The van der Waals surface area contributed by atoms with Crippen LogP contribution >= 0.6 is 46.4 Å². The molecule has 1 aromatic carbocycles. The van der Waals surface area contributed by atoms with E-state index in [1.165, 1.54) is 6.20 Å². The van der Waals surface area contributed by atoms with Crippen LogP contribution in [0.15, 0.2) is 34.9 Å². The fraction of sp³-hybridized carbons (Fsp3) is 0.364. The molecule has 11 heteroatoms. The van der Waals surface area contributed by atoms with Gasteiger partial charge in [0.15, 0.2) is 5.76 Å². The molecule has 1 saturated heterocycles. The van der Waals surface area contributed by atoms with Crippen molar-refractivity contribution < 1.29 is 14.3 Å². The van der Waals surface area contributed by atoms with Gasteiger partial charge in [0, 0.05) is 44.3 Å². The molecule has 0 spiro atoms. The van der Waals surface area contributed by atoms with Crippen molar-refractivity contribution >= 4 is 52.3 Å². The minimum atomic E-state index is -0.404. The average molecular weight is 532 g/mol. The zero-order valence-electron chi connectivity index (χ0n) is 17.6. The highest BCUT2D eigenvalue weighted by molar-refractivity contribution is 6.42. The van der Waals surface area contributed by atoms with E-state index in [1.807, 2.05) is 12.1 Å². The fourth-order valence-corrected chi connectivity index (χ4v) is 5.03. The Morgan fingerprint density at radius 2 is 2.03 bits per heavy atom. The lowest BCUT2D eigenvalue weighted by Crippen LogP contribution is -2.53. The number of carbonyl (C=O) groups excluding carboxylic acids is 1. The summed E-state index contributed by atoms with van der Waals surface area (Å²) in [6, 6.07) is 6.89. The standard InChI is InChI=1S/C22H22Cl4N4O3/c1-30-20(17(25)9-28-30)14-8-19(33-21(14)26)22(32)29-18-10-27-12(4-5-31)7-13(18)11-2-3-15(23)16(24)6-11/h2-3,6,8-9,12-13,18,27,31H,4-5,7,10H2,1H3,(H,29,32)/t12-,13+,18-/m1/s1. The normalized spacial score (nSPS) is 20.7. The lowest BCUT2D eigenvalue weighted by Gasteiger charge is -2.37. The number of furan rings is 1. The number of amides is 1. The van der Waals surface area contributed by atoms with Crippen LogP contribution in [0.2, 0.25) is 20.3 Å². The summed E-state index contributed by atoms with van der Waals surface area (Å²) in [6.45, 7) is 0.587. The van der Waals surface area contributed by atoms with E-state index in [2.05, 4.69) is 15.7 Å². The average Bonchev–Trinajstić information content (AvgIpc) is 3.32. The zero-order chi connectivity index (χ0) is 23.7. The van der Waals surface area contributed by atoms with Gasteiger partial charge in [-0.15, -0.1) is 0 Å². The summed E-state index contributed by atoms with van der Waals surface area (Å²) in [5.41, 5.74) is 2.00. The molecule has 1 fully saturated rings. The van der Waals surface area contributed by atoms with Gasteiger partial charge in [0.1, 0.15) is 0 Å². The van der Waals surface area contributed by atoms with Crippen LogP contribution in [0, 0.1) is 0 Å². The first-order valence-electron chi connectivity index (χ1n) is 10.4. The predicted octanol–water partition coefficient (Wildman–Crippen LogP) is 4.92. The van der Waals surface area contributed by atoms with E-state index in [0.29, 0.717) is 45.7 Å². The third-order valence-corrected chi connectivity index (χ3v) is 7.17. The van der Waals surface area contributed by atoms with E-state index >= 15 is 0 Å². The molecule has 0 aliphatic carbocycles. The van der Waals surface area contributed by atoms with Crippen LogP contribution in [-0.4, -0.2) is 46.0 Å². The number of benzene rings is 1. The summed E-state index contributed by atoms with van der Waals surface area (Å²) in [5, 5.41) is 21.3. The Kier molecular flexibility index (Phi) is 7.58. The summed E-state index contributed by atoms with van der Waals surface area (Å²) in [6.07, 6.45) is 2.82. The van der Waals surface area contributed by atoms with Crippen molar-refractivity contribution in [2.24, 2.45) is 7.05 Å². The van der Waals surface area contributed by atoms with Gasteiger partial charge in [0.25, 0.3) is 5.91 Å². The number of hydrogen-bond donors (Lipinski definition) is 3. The summed E-state index contributed by atoms with van der Waals surface area (Å²) in [5.74, 6) is -0.380. The topological polar surface area (TPSA) is 92.3 Å². The number of rotatable bonds is 6. The van der Waals surface area contributed by atoms with Crippen LogP contribution in [0.4, 0.5) is 0 Å². The van der Waals surface area contributed by atoms with E-state index in [4.69, 9.17) is 50.8 Å². The highest BCUT2D eigenvalue weighted by Crippen LogP contribution is 2.36. The molecule has 0 radical (unpaired) electrons. The maximum atomic E-state index is 13.1. The fourth-order valence-electron chi connectivity index (χ4n) is 4.22. The van der Waals surface area contributed by atoms with Gasteiger partial charge in [-0.3, -0.25) is 9.48 Å². The molecule has 0 saturated carbocycles. The molecule has 3 aromatic rings. The first-order valence-corrected chi connectivity index (χ1v) is 11.9. The monoisotopic (exact) mass is 530 g/mol. The number of nitrogens with one attached hydrogen (secondary N) is 2. The van der Waals surface area contributed by atoms with Crippen molar-refractivity contribution in [2.45, 2.75) is 30.8 Å². The smallest absolute Gasteiger partial charge is 0.287 e. The molecule has 3 N–H and O–H groups in total. The van der Waals surface area contributed by atoms with Crippen molar-refractivity contribution in [2.75, 3.05) is 13.2 Å². The second-order valence-corrected chi connectivity index (χ2v) is 9.54. The largest absolute Gasteiger partial charge is 0.439 e. The maximum absolute atomic E-state index is 13.1. The third-order valence-electron chi connectivity index (χ3n) is 5.88. The Labute approximate surface area is 210 Å². The molecule has 33 heavy (non-hydrogen) atoms. The molecule has 176 valence electrons. The van der Waals surface area contributed by atoms with Crippen LogP contribution in [0.3, 0.4) is 0 Å². The van der Waals surface area contributed by atoms with Gasteiger partial charge in [-0.25, -0.2) is 0 Å². The molecule has 3 heterocycles. The van der Waals surface area contributed by atoms with Crippen LogP contribution in [0.1, 0.15) is 34.9 Å². The third kappa shape index (κ3) is 5.19. The lowest BCUT2D eigenvalue weighted by molar-refractivity contribution is 0.0888. The van der Waals surface area contributed by atoms with Crippen LogP contribution in [0.5, 0.6) is 0 Å². The maximum Gasteiger partial charge on any atom is 0.287 e. The van der Waals surface area contributed by atoms with Crippen LogP contribution in [-0.2, 0) is 7.05 Å². The molecule has 2 aromatic heterocycles. The van der Waals surface area contributed by atoms with Gasteiger partial charge in [0.2, 0.25) is 5.22 Å². The molecule has 0 unspecified atom stereocenters. The summed E-state index contributed by atoms with van der Waals surface area (Å²) < 4.78 is 7.11. The van der Waals surface area contributed by atoms with Gasteiger partial charge >= 0.3 is 0 Å². The van der Waals surface area contributed by atoms with Gasteiger partial charge < -0.3 is 20.2 Å². The van der Waals surface area contributed by atoms with E-state index < -0.39 is 5.91 Å². The highest BCUT2D eigenvalue weighted by atomic mass is 35.5. The van der Waals surface area contributed by atoms with E-state index in [9.17, 15) is 9.90 Å². The first kappa shape index (κ1) is 24.4. The number of aryl methyl sites for hydroxylation is 1. The second-order valence-electron chi connectivity index (χ2n) is 7.98. The van der Waals surface area contributed by atoms with Crippen molar-refractivity contribution in [1.82, 2.24) is 20.4 Å². The van der Waals surface area contributed by atoms with Gasteiger partial charge in [-0.2, -0.15) is 5.10 Å². The van der Waals surface area contributed by atoms with E-state index in [1.54, 1.807) is 23.9 Å². The number of aromatic nitrogens is 2. The van der Waals surface area contributed by atoms with Crippen molar-refractivity contribution in [3.63, 3.8) is 0 Å². The molecule has 1 amide bonds. The molecule has 3 atom stereocenters. The Morgan fingerprint density at radius 3 is 2.70 bits per heavy atom. The van der Waals surface area contributed by atoms with E-state index in [0.717, 1.165) is 5.56 Å². The van der Waals surface area contributed by atoms with E-state index in [-0.39, 0.29) is 35.6 Å². The minimum Gasteiger partial charge on any atom is -0.439 e. The number of aliphatic hydroxyl groups excluding tert-OH is 1. The zero-order valence-corrected chi connectivity index (χ0v) is 20.6. The van der Waals surface area contributed by atoms with Gasteiger partial charge in [-0.05, 0) is 42.1 Å². The molecule has 7 nitrogen and oxygen atoms in total. The van der Waals surface area contributed by atoms with Gasteiger partial charge in [-0.1, -0.05) is 40.9 Å². The number of nitrogens with zero attached hydrogens (tertiary/aromatic N) is 2. The first-order chi connectivity index (χ1) is 15.8. The minimum absolute atomic E-state index is 0.0436. The number of carbonyl (C=O) groups is 1. The Bertz CT molecular complexity index is 1140. The lowest BCUT2D eigenvalue weighted by atomic mass is 9.82. The van der Waals surface area contributed by atoms with Crippen molar-refractivity contribution in [3.8, 4) is 11.3 Å². The summed E-state index contributed by atoms with van der Waals surface area (Å²) >= 11 is 24.8. The molecule has 0 bridgehead atoms. The predicted molar refractivity (Wildman–Crippen MR) is 129 cm³/mol. The number of halogens is 4. The van der Waals surface area contributed by atoms with Gasteiger partial charge in [0.05, 0.1) is 32.5 Å². The van der Waals surface area contributed by atoms with Crippen molar-refractivity contribution in [3.05, 3.63) is 62.1 Å². The second kappa shape index (κ2) is 10.3. The molecule has 1 aliphatic rings. The highest BCUT2D eigenvalue weighted by Gasteiger charge is 2.33. The summed E-state index contributed by atoms with van der Waals surface area (Å²) in [7, 11) is 1.72. The molecule has 4 rings (SSSR count). The Hall–Kier alpha value is -1.74. The number of aliphatic hydroxyl groups is 1. The quantitative estimate of drug-likeness (QED) is 0.420. The number of hydrogen-bond acceptors (Lipinski definition) is 5. The SMILES string of the molecule is Cn1ncc(Cl)c1-c1cc(C(=O)N[C@@H]2CN[C@H](CCO)C[C@H]2c2ccc(Cl)c(Cl)c2)oc1Cl. The molecule has 1 aliphatic heterocycles. The van der Waals surface area contributed by atoms with Crippen molar-refractivity contribution in [1.29, 1.82) is 0 Å². The molecular weight excluding hydrogens is 510 g/mol. The Morgan fingerprint density at radius 1 is 1.24 bits per heavy atom. The number of piperidine rings is 1. The molecular formula is C22H22Cl4N4O3.